The molecule has 0 unspecified atom stereocenters. The lowest BCUT2D eigenvalue weighted by molar-refractivity contribution is -0.126. The number of nitrogens with one attached hydrogen (secondary N) is 1. The number of rotatable bonds is 5. The van der Waals surface area contributed by atoms with Crippen LogP contribution in [0, 0.1) is 11.8 Å². The van der Waals surface area contributed by atoms with Crippen molar-refractivity contribution in [1.29, 1.82) is 0 Å². The topological polar surface area (TPSA) is 32.3 Å². The quantitative estimate of drug-likeness (QED) is 0.905. The van der Waals surface area contributed by atoms with Gasteiger partial charge in [-0.25, -0.2) is 0 Å². The van der Waals surface area contributed by atoms with Gasteiger partial charge in [-0.1, -0.05) is 37.6 Å². The molecule has 1 aliphatic heterocycles. The van der Waals surface area contributed by atoms with Gasteiger partial charge in [-0.15, -0.1) is 0 Å². The standard InChI is InChI=1S/C17H25ClN2O/c1-13(2)11-19-17(21)15-6-8-20(9-7-15)12-14-4-3-5-16(18)10-14/h3-5,10,13,15H,6-9,11-12H2,1-2H3,(H,19,21). The van der Waals surface area contributed by atoms with Crippen LogP contribution in [-0.2, 0) is 11.3 Å². The molecule has 0 radical (unpaired) electrons. The zero-order chi connectivity index (χ0) is 15.2. The summed E-state index contributed by atoms with van der Waals surface area (Å²) in [5, 5.41) is 3.84. The zero-order valence-electron chi connectivity index (χ0n) is 12.9. The minimum Gasteiger partial charge on any atom is -0.356 e. The highest BCUT2D eigenvalue weighted by atomic mass is 35.5. The van der Waals surface area contributed by atoms with Gasteiger partial charge in [-0.05, 0) is 49.5 Å². The van der Waals surface area contributed by atoms with E-state index in [1.54, 1.807) is 0 Å². The van der Waals surface area contributed by atoms with Gasteiger partial charge in [0.25, 0.3) is 0 Å². The molecule has 1 aliphatic rings. The fourth-order valence-corrected chi connectivity index (χ4v) is 2.91. The molecular formula is C17H25ClN2O. The SMILES string of the molecule is CC(C)CNC(=O)C1CCN(Cc2cccc(Cl)c2)CC1. The number of hydrogen-bond acceptors (Lipinski definition) is 2. The number of carbonyl (C=O) groups excluding carboxylic acids is 1. The highest BCUT2D eigenvalue weighted by Crippen LogP contribution is 2.20. The average molecular weight is 309 g/mol. The van der Waals surface area contributed by atoms with Gasteiger partial charge in [0.05, 0.1) is 0 Å². The van der Waals surface area contributed by atoms with E-state index in [9.17, 15) is 4.79 Å². The average Bonchev–Trinajstić information content (AvgIpc) is 2.45. The third kappa shape index (κ3) is 5.33. The molecule has 0 saturated carbocycles. The van der Waals surface area contributed by atoms with E-state index >= 15 is 0 Å². The first-order valence-electron chi connectivity index (χ1n) is 7.79. The summed E-state index contributed by atoms with van der Waals surface area (Å²) in [6.07, 6.45) is 1.90. The number of likely N-dealkylation sites (tertiary alicyclic amines) is 1. The van der Waals surface area contributed by atoms with Crippen molar-refractivity contribution in [3.05, 3.63) is 34.9 Å². The molecule has 0 spiro atoms. The monoisotopic (exact) mass is 308 g/mol. The molecule has 2 rings (SSSR count). The van der Waals surface area contributed by atoms with Crippen molar-refractivity contribution in [1.82, 2.24) is 10.2 Å². The summed E-state index contributed by atoms with van der Waals surface area (Å²) in [6, 6.07) is 8.01. The number of amides is 1. The van der Waals surface area contributed by atoms with Crippen molar-refractivity contribution in [2.45, 2.75) is 33.2 Å². The van der Waals surface area contributed by atoms with Gasteiger partial charge in [-0.2, -0.15) is 0 Å². The third-order valence-corrected chi connectivity index (χ3v) is 4.17. The minimum atomic E-state index is 0.180. The molecule has 1 aromatic carbocycles. The molecular weight excluding hydrogens is 284 g/mol. The van der Waals surface area contributed by atoms with Crippen molar-refractivity contribution < 1.29 is 4.79 Å². The predicted octanol–water partition coefficient (Wildman–Crippen LogP) is 3.32. The summed E-state index contributed by atoms with van der Waals surface area (Å²) >= 11 is 6.02. The van der Waals surface area contributed by atoms with Crippen molar-refractivity contribution in [2.24, 2.45) is 11.8 Å². The van der Waals surface area contributed by atoms with Crippen LogP contribution >= 0.6 is 11.6 Å². The van der Waals surface area contributed by atoms with Crippen LogP contribution in [0.2, 0.25) is 5.02 Å². The van der Waals surface area contributed by atoms with E-state index in [1.807, 2.05) is 18.2 Å². The number of halogens is 1. The van der Waals surface area contributed by atoms with Gasteiger partial charge >= 0.3 is 0 Å². The smallest absolute Gasteiger partial charge is 0.223 e. The minimum absolute atomic E-state index is 0.180. The Morgan fingerprint density at radius 1 is 1.38 bits per heavy atom. The van der Waals surface area contributed by atoms with Crippen molar-refractivity contribution >= 4 is 17.5 Å². The highest BCUT2D eigenvalue weighted by molar-refractivity contribution is 6.30. The van der Waals surface area contributed by atoms with Gasteiger partial charge in [0, 0.05) is 24.0 Å². The molecule has 1 amide bonds. The van der Waals surface area contributed by atoms with E-state index in [2.05, 4.69) is 30.1 Å². The molecule has 0 bridgehead atoms. The first-order chi connectivity index (χ1) is 10.0. The van der Waals surface area contributed by atoms with Gasteiger partial charge in [0.1, 0.15) is 0 Å². The Morgan fingerprint density at radius 2 is 2.10 bits per heavy atom. The molecule has 1 saturated heterocycles. The summed E-state index contributed by atoms with van der Waals surface area (Å²) in [5.74, 6) is 0.919. The second kappa shape index (κ2) is 7.81. The van der Waals surface area contributed by atoms with Gasteiger partial charge < -0.3 is 5.32 Å². The molecule has 0 aliphatic carbocycles. The Labute approximate surface area is 132 Å². The second-order valence-electron chi connectivity index (χ2n) is 6.32. The van der Waals surface area contributed by atoms with E-state index in [0.29, 0.717) is 5.92 Å². The van der Waals surface area contributed by atoms with Crippen LogP contribution < -0.4 is 5.32 Å². The summed E-state index contributed by atoms with van der Waals surface area (Å²) in [6.45, 7) is 7.89. The van der Waals surface area contributed by atoms with Crippen molar-refractivity contribution in [3.63, 3.8) is 0 Å². The number of nitrogens with zero attached hydrogens (tertiary/aromatic N) is 1. The first kappa shape index (κ1) is 16.3. The number of carbonyl (C=O) groups is 1. The fraction of sp³-hybridized carbons (Fsp3) is 0.588. The molecule has 1 heterocycles. The second-order valence-corrected chi connectivity index (χ2v) is 6.76. The Morgan fingerprint density at radius 3 is 2.71 bits per heavy atom. The molecule has 1 aromatic rings. The molecule has 4 heteroatoms. The number of benzene rings is 1. The van der Waals surface area contributed by atoms with Crippen LogP contribution in [0.3, 0.4) is 0 Å². The lowest BCUT2D eigenvalue weighted by Gasteiger charge is -2.31. The van der Waals surface area contributed by atoms with Crippen LogP contribution in [0.5, 0.6) is 0 Å². The summed E-state index contributed by atoms with van der Waals surface area (Å²) in [5.41, 5.74) is 1.24. The number of piperidine rings is 1. The Kier molecular flexibility index (Phi) is 6.07. The van der Waals surface area contributed by atoms with Gasteiger partial charge in [-0.3, -0.25) is 9.69 Å². The molecule has 0 atom stereocenters. The van der Waals surface area contributed by atoms with E-state index in [4.69, 9.17) is 11.6 Å². The fourth-order valence-electron chi connectivity index (χ4n) is 2.70. The number of hydrogen-bond donors (Lipinski definition) is 1. The first-order valence-corrected chi connectivity index (χ1v) is 8.17. The van der Waals surface area contributed by atoms with Gasteiger partial charge in [0.2, 0.25) is 5.91 Å². The molecule has 1 fully saturated rings. The van der Waals surface area contributed by atoms with Crippen LogP contribution in [0.1, 0.15) is 32.3 Å². The predicted molar refractivity (Wildman–Crippen MR) is 87.3 cm³/mol. The zero-order valence-corrected chi connectivity index (χ0v) is 13.7. The largest absolute Gasteiger partial charge is 0.356 e. The molecule has 21 heavy (non-hydrogen) atoms. The normalized spacial score (nSPS) is 17.1. The van der Waals surface area contributed by atoms with E-state index < -0.39 is 0 Å². The Hall–Kier alpha value is -1.06. The summed E-state index contributed by atoms with van der Waals surface area (Å²) in [7, 11) is 0. The van der Waals surface area contributed by atoms with Crippen molar-refractivity contribution in [2.75, 3.05) is 19.6 Å². The van der Waals surface area contributed by atoms with E-state index in [1.165, 1.54) is 5.56 Å². The summed E-state index contributed by atoms with van der Waals surface area (Å²) in [4.78, 5) is 14.5. The maximum atomic E-state index is 12.1. The maximum absolute atomic E-state index is 12.1. The van der Waals surface area contributed by atoms with Crippen LogP contribution in [-0.4, -0.2) is 30.4 Å². The lowest BCUT2D eigenvalue weighted by atomic mass is 9.95. The third-order valence-electron chi connectivity index (χ3n) is 3.94. The Balaban J connectivity index is 1.76. The van der Waals surface area contributed by atoms with Crippen molar-refractivity contribution in [3.8, 4) is 0 Å². The van der Waals surface area contributed by atoms with Crippen LogP contribution in [0.25, 0.3) is 0 Å². The highest BCUT2D eigenvalue weighted by Gasteiger charge is 2.24. The van der Waals surface area contributed by atoms with E-state index in [0.717, 1.165) is 44.0 Å². The van der Waals surface area contributed by atoms with Crippen LogP contribution in [0.4, 0.5) is 0 Å². The molecule has 0 aromatic heterocycles. The lowest BCUT2D eigenvalue weighted by Crippen LogP contribution is -2.41. The molecule has 3 nitrogen and oxygen atoms in total. The summed E-state index contributed by atoms with van der Waals surface area (Å²) < 4.78 is 0. The Bertz CT molecular complexity index is 468. The van der Waals surface area contributed by atoms with Crippen LogP contribution in [0.15, 0.2) is 24.3 Å². The van der Waals surface area contributed by atoms with E-state index in [-0.39, 0.29) is 11.8 Å². The molecule has 1 N–H and O–H groups in total. The maximum Gasteiger partial charge on any atom is 0.223 e. The molecule has 116 valence electrons. The van der Waals surface area contributed by atoms with Gasteiger partial charge in [0.15, 0.2) is 0 Å².